The van der Waals surface area contributed by atoms with Crippen LogP contribution in [-0.2, 0) is 14.3 Å². The van der Waals surface area contributed by atoms with E-state index in [1.807, 2.05) is 19.1 Å². The Hall–Kier alpha value is -3.11. The maximum Gasteiger partial charge on any atom is 0.278 e. The molecule has 39 heavy (non-hydrogen) atoms. The van der Waals surface area contributed by atoms with Gasteiger partial charge in [-0.25, -0.2) is 5.01 Å². The number of hydrazine groups is 1. The SMILES string of the molecule is CCN1C(=O)C(CNc2cccc(C(=O)NCCCN3CCCC3)c2)S/C1=C(/C#N)C(=O)NN1CCOCC1. The average Bonchev–Trinajstić information content (AvgIpc) is 3.58. The number of hydrogen-bond acceptors (Lipinski definition) is 9. The van der Waals surface area contributed by atoms with Crippen molar-refractivity contribution in [1.29, 1.82) is 5.26 Å². The van der Waals surface area contributed by atoms with Crippen LogP contribution in [0.2, 0.25) is 0 Å². The largest absolute Gasteiger partial charge is 0.383 e. The summed E-state index contributed by atoms with van der Waals surface area (Å²) in [7, 11) is 0. The molecule has 4 rings (SSSR count). The number of thioether (sulfide) groups is 1. The van der Waals surface area contributed by atoms with Crippen molar-refractivity contribution in [3.63, 3.8) is 0 Å². The summed E-state index contributed by atoms with van der Waals surface area (Å²) in [5.74, 6) is -0.816. The van der Waals surface area contributed by atoms with E-state index in [4.69, 9.17) is 4.74 Å². The predicted molar refractivity (Wildman–Crippen MR) is 149 cm³/mol. The molecule has 3 heterocycles. The van der Waals surface area contributed by atoms with Crippen LogP contribution in [0.4, 0.5) is 5.69 Å². The molecule has 0 bridgehead atoms. The van der Waals surface area contributed by atoms with Crippen molar-refractivity contribution >= 4 is 35.2 Å². The minimum atomic E-state index is -0.527. The van der Waals surface area contributed by atoms with Crippen LogP contribution in [0.15, 0.2) is 34.9 Å². The van der Waals surface area contributed by atoms with E-state index in [-0.39, 0.29) is 23.9 Å². The van der Waals surface area contributed by atoms with Gasteiger partial charge in [0, 0.05) is 44.0 Å². The molecule has 3 saturated heterocycles. The summed E-state index contributed by atoms with van der Waals surface area (Å²) in [6.45, 7) is 8.45. The summed E-state index contributed by atoms with van der Waals surface area (Å²) < 4.78 is 5.30. The Morgan fingerprint density at radius 2 is 1.95 bits per heavy atom. The standard InChI is InChI=1S/C27H37N7O4S/c1-2-34-26(37)23(39-27(34)22(18-28)25(36)31-33-13-15-38-16-14-33)19-30-21-8-5-7-20(17-21)24(35)29-9-6-12-32-10-3-4-11-32/h5,7-8,17,23,30H,2-4,6,9-16,19H2,1H3,(H,29,35)(H,31,36)/b27-22-. The number of nitrogens with one attached hydrogen (secondary N) is 3. The highest BCUT2D eigenvalue weighted by molar-refractivity contribution is 8.04. The number of anilines is 1. The van der Waals surface area contributed by atoms with Crippen LogP contribution in [0.25, 0.3) is 0 Å². The summed E-state index contributed by atoms with van der Waals surface area (Å²) in [4.78, 5) is 42.5. The normalized spacial score (nSPS) is 21.5. The number of nitriles is 1. The van der Waals surface area contributed by atoms with Crippen molar-refractivity contribution in [2.75, 3.05) is 70.9 Å². The lowest BCUT2D eigenvalue weighted by atomic mass is 10.2. The quantitative estimate of drug-likeness (QED) is 0.211. The predicted octanol–water partition coefficient (Wildman–Crippen LogP) is 1.38. The Bertz CT molecular complexity index is 1110. The first-order valence-electron chi connectivity index (χ1n) is 13.6. The molecule has 0 spiro atoms. The monoisotopic (exact) mass is 555 g/mol. The Morgan fingerprint density at radius 1 is 1.18 bits per heavy atom. The molecular weight excluding hydrogens is 518 g/mol. The fourth-order valence-electron chi connectivity index (χ4n) is 4.81. The molecular formula is C27H37N7O4S. The van der Waals surface area contributed by atoms with Crippen LogP contribution < -0.4 is 16.1 Å². The van der Waals surface area contributed by atoms with Crippen molar-refractivity contribution in [2.24, 2.45) is 0 Å². The van der Waals surface area contributed by atoms with Gasteiger partial charge in [-0.05, 0) is 64.0 Å². The van der Waals surface area contributed by atoms with Crippen LogP contribution >= 0.6 is 11.8 Å². The molecule has 0 saturated carbocycles. The number of carbonyl (C=O) groups excluding carboxylic acids is 3. The van der Waals surface area contributed by atoms with Crippen LogP contribution in [0, 0.1) is 11.3 Å². The zero-order chi connectivity index (χ0) is 27.6. The van der Waals surface area contributed by atoms with Crippen molar-refractivity contribution < 1.29 is 19.1 Å². The minimum absolute atomic E-state index is 0.0763. The Morgan fingerprint density at radius 3 is 2.67 bits per heavy atom. The van der Waals surface area contributed by atoms with Gasteiger partial charge in [0.15, 0.2) is 0 Å². The number of nitrogens with zero attached hydrogens (tertiary/aromatic N) is 4. The Labute approximate surface area is 233 Å². The van der Waals surface area contributed by atoms with Crippen LogP contribution in [0.1, 0.15) is 36.5 Å². The second-order valence-corrected chi connectivity index (χ2v) is 10.8. The van der Waals surface area contributed by atoms with Gasteiger partial charge in [0.1, 0.15) is 21.9 Å². The lowest BCUT2D eigenvalue weighted by molar-refractivity contribution is -0.127. The van der Waals surface area contributed by atoms with Crippen LogP contribution in [0.5, 0.6) is 0 Å². The van der Waals surface area contributed by atoms with Gasteiger partial charge in [0.2, 0.25) is 5.91 Å². The van der Waals surface area contributed by atoms with E-state index in [0.717, 1.165) is 31.7 Å². The number of carbonyl (C=O) groups is 3. The number of morpholine rings is 1. The molecule has 1 unspecified atom stereocenters. The molecule has 3 aliphatic heterocycles. The third-order valence-corrected chi connectivity index (χ3v) is 8.23. The van der Waals surface area contributed by atoms with Crippen LogP contribution in [-0.4, -0.2) is 103 Å². The molecule has 11 nitrogen and oxygen atoms in total. The zero-order valence-corrected chi connectivity index (χ0v) is 23.2. The first kappa shape index (κ1) is 28.9. The van der Waals surface area contributed by atoms with Crippen molar-refractivity contribution in [1.82, 2.24) is 25.6 Å². The lowest BCUT2D eigenvalue weighted by Gasteiger charge is -2.27. The number of rotatable bonds is 11. The average molecular weight is 556 g/mol. The van der Waals surface area contributed by atoms with Gasteiger partial charge < -0.3 is 25.2 Å². The molecule has 3 N–H and O–H groups in total. The van der Waals surface area contributed by atoms with Gasteiger partial charge in [-0.3, -0.25) is 19.8 Å². The summed E-state index contributed by atoms with van der Waals surface area (Å²) in [6.07, 6.45) is 3.44. The van der Waals surface area contributed by atoms with Gasteiger partial charge in [-0.15, -0.1) is 0 Å². The van der Waals surface area contributed by atoms with Crippen molar-refractivity contribution in [3.05, 3.63) is 40.4 Å². The fourth-order valence-corrected chi connectivity index (χ4v) is 6.08. The number of amides is 3. The maximum absolute atomic E-state index is 13.1. The highest BCUT2D eigenvalue weighted by Gasteiger charge is 2.39. The van der Waals surface area contributed by atoms with Gasteiger partial charge in [0.25, 0.3) is 11.8 Å². The van der Waals surface area contributed by atoms with Crippen molar-refractivity contribution in [3.8, 4) is 6.07 Å². The molecule has 3 amide bonds. The first-order chi connectivity index (χ1) is 19.0. The zero-order valence-electron chi connectivity index (χ0n) is 22.4. The van der Waals surface area contributed by atoms with E-state index >= 15 is 0 Å². The van der Waals surface area contributed by atoms with Gasteiger partial charge in [-0.2, -0.15) is 5.26 Å². The van der Waals surface area contributed by atoms with Crippen molar-refractivity contribution in [2.45, 2.75) is 31.4 Å². The molecule has 12 heteroatoms. The third kappa shape index (κ3) is 7.73. The fraction of sp³-hybridized carbons (Fsp3) is 0.556. The molecule has 0 aliphatic carbocycles. The van der Waals surface area contributed by atoms with E-state index in [1.165, 1.54) is 29.5 Å². The molecule has 0 aromatic heterocycles. The van der Waals surface area contributed by atoms with Gasteiger partial charge >= 0.3 is 0 Å². The van der Waals surface area contributed by atoms with Crippen LogP contribution in [0.3, 0.4) is 0 Å². The molecule has 3 aliphatic rings. The summed E-state index contributed by atoms with van der Waals surface area (Å²) in [5.41, 5.74) is 3.95. The highest BCUT2D eigenvalue weighted by Crippen LogP contribution is 2.37. The van der Waals surface area contributed by atoms with E-state index in [2.05, 4.69) is 21.0 Å². The van der Waals surface area contributed by atoms with Gasteiger partial charge in [-0.1, -0.05) is 17.8 Å². The maximum atomic E-state index is 13.1. The topological polar surface area (TPSA) is 130 Å². The van der Waals surface area contributed by atoms with E-state index in [0.29, 0.717) is 50.0 Å². The third-order valence-electron chi connectivity index (χ3n) is 6.93. The van der Waals surface area contributed by atoms with Gasteiger partial charge in [0.05, 0.1) is 13.2 Å². The Kier molecular flexibility index (Phi) is 10.6. The first-order valence-corrected chi connectivity index (χ1v) is 14.5. The molecule has 1 aromatic carbocycles. The number of benzene rings is 1. The molecule has 1 aromatic rings. The summed E-state index contributed by atoms with van der Waals surface area (Å²) in [5, 5.41) is 17.6. The summed E-state index contributed by atoms with van der Waals surface area (Å²) in [6, 6.07) is 9.18. The second-order valence-electron chi connectivity index (χ2n) is 9.64. The molecule has 1 atom stereocenters. The van der Waals surface area contributed by atoms with E-state index in [1.54, 1.807) is 23.2 Å². The highest BCUT2D eigenvalue weighted by atomic mass is 32.2. The molecule has 3 fully saturated rings. The molecule has 0 radical (unpaired) electrons. The van der Waals surface area contributed by atoms with E-state index < -0.39 is 11.2 Å². The smallest absolute Gasteiger partial charge is 0.278 e. The Balaban J connectivity index is 1.32. The lowest BCUT2D eigenvalue weighted by Crippen LogP contribution is -2.49. The number of hydrogen-bond donors (Lipinski definition) is 3. The molecule has 210 valence electrons. The second kappa shape index (κ2) is 14.3. The van der Waals surface area contributed by atoms with E-state index in [9.17, 15) is 19.6 Å². The number of likely N-dealkylation sites (tertiary alicyclic amines) is 1. The summed E-state index contributed by atoms with van der Waals surface area (Å²) >= 11 is 1.21. The number of ether oxygens (including phenoxy) is 1. The minimum Gasteiger partial charge on any atom is -0.383 e.